The van der Waals surface area contributed by atoms with E-state index >= 15 is 0 Å². The highest BCUT2D eigenvalue weighted by Crippen LogP contribution is 2.39. The number of esters is 1. The monoisotopic (exact) mass is 818 g/mol. The van der Waals surface area contributed by atoms with Gasteiger partial charge in [0.2, 0.25) is 11.7 Å². The molecular weight excluding hydrogens is 748 g/mol. The van der Waals surface area contributed by atoms with Gasteiger partial charge in [-0.2, -0.15) is 0 Å². The summed E-state index contributed by atoms with van der Waals surface area (Å²) >= 11 is 0. The van der Waals surface area contributed by atoms with Crippen LogP contribution in [0.3, 0.4) is 0 Å². The number of methoxy groups -OCH3 is 3. The van der Waals surface area contributed by atoms with E-state index in [1.54, 1.807) is 34.0 Å². The predicted molar refractivity (Wildman–Crippen MR) is 216 cm³/mol. The van der Waals surface area contributed by atoms with Crippen LogP contribution in [0, 0.1) is 23.7 Å². The van der Waals surface area contributed by atoms with Crippen LogP contribution in [0.15, 0.2) is 36.0 Å². The van der Waals surface area contributed by atoms with E-state index in [4.69, 9.17) is 23.7 Å². The smallest absolute Gasteiger partial charge is 0.329 e. The van der Waals surface area contributed by atoms with Crippen LogP contribution >= 0.6 is 0 Å². The van der Waals surface area contributed by atoms with E-state index in [1.165, 1.54) is 19.1 Å². The second-order valence-corrected chi connectivity index (χ2v) is 17.4. The minimum Gasteiger partial charge on any atom is -0.456 e. The first-order valence-electron chi connectivity index (χ1n) is 21.1. The largest absolute Gasteiger partial charge is 0.456 e. The Bertz CT molecular complexity index is 1500. The van der Waals surface area contributed by atoms with Crippen molar-refractivity contribution in [3.63, 3.8) is 0 Å². The molecule has 0 aromatic rings. The van der Waals surface area contributed by atoms with Crippen LogP contribution in [0.5, 0.6) is 0 Å². The molecule has 2 saturated heterocycles. The normalized spacial score (nSPS) is 40.5. The average Bonchev–Trinajstić information content (AvgIpc) is 3.19. The van der Waals surface area contributed by atoms with Gasteiger partial charge in [-0.1, -0.05) is 44.6 Å². The van der Waals surface area contributed by atoms with Gasteiger partial charge in [0.25, 0.3) is 11.7 Å². The highest BCUT2D eigenvalue weighted by molar-refractivity contribution is 6.39. The van der Waals surface area contributed by atoms with E-state index in [0.717, 1.165) is 5.57 Å². The maximum atomic E-state index is 14.3. The number of hydrogen-bond donors (Lipinski definition) is 4. The number of nitrogens with zero attached hydrogens (tertiary/aromatic N) is 1. The summed E-state index contributed by atoms with van der Waals surface area (Å²) in [5.41, 5.74) is 1.64. The summed E-state index contributed by atoms with van der Waals surface area (Å²) in [7, 11) is 4.61. The molecule has 2 bridgehead atoms. The topological polar surface area (TPSA) is 190 Å². The van der Waals surface area contributed by atoms with E-state index < -0.39 is 84.0 Å². The molecule has 1 aliphatic carbocycles. The maximum absolute atomic E-state index is 14.3. The zero-order valence-electron chi connectivity index (χ0n) is 35.9. The van der Waals surface area contributed by atoms with Crippen molar-refractivity contribution in [2.24, 2.45) is 23.7 Å². The first kappa shape index (κ1) is 47.7. The number of carbonyl (C=O) groups is 4. The second-order valence-electron chi connectivity index (χ2n) is 17.4. The third-order valence-corrected chi connectivity index (χ3v) is 12.8. The minimum absolute atomic E-state index is 0.0192. The van der Waals surface area contributed by atoms with Crippen molar-refractivity contribution in [3.05, 3.63) is 36.0 Å². The summed E-state index contributed by atoms with van der Waals surface area (Å²) in [4.78, 5) is 57.5. The van der Waals surface area contributed by atoms with Gasteiger partial charge in [0.1, 0.15) is 18.2 Å². The lowest BCUT2D eigenvalue weighted by molar-refractivity contribution is -0.302. The van der Waals surface area contributed by atoms with Crippen molar-refractivity contribution in [2.75, 3.05) is 27.9 Å². The first-order chi connectivity index (χ1) is 27.5. The van der Waals surface area contributed by atoms with E-state index in [1.807, 2.05) is 26.0 Å². The lowest BCUT2D eigenvalue weighted by atomic mass is 9.82. The number of rotatable bonds is 7. The van der Waals surface area contributed by atoms with Crippen molar-refractivity contribution in [1.82, 2.24) is 10.2 Å². The molecule has 58 heavy (non-hydrogen) atoms. The molecule has 14 atom stereocenters. The zero-order valence-corrected chi connectivity index (χ0v) is 35.9. The lowest BCUT2D eigenvalue weighted by Crippen LogP contribution is -2.64. The summed E-state index contributed by atoms with van der Waals surface area (Å²) in [6, 6.07) is -1.54. The third-order valence-electron chi connectivity index (χ3n) is 12.8. The Balaban J connectivity index is 1.76. The molecule has 0 aromatic heterocycles. The first-order valence-corrected chi connectivity index (χ1v) is 21.1. The molecule has 2 amide bonds. The quantitative estimate of drug-likeness (QED) is 0.165. The van der Waals surface area contributed by atoms with Gasteiger partial charge < -0.3 is 49.2 Å². The zero-order chi connectivity index (χ0) is 42.9. The van der Waals surface area contributed by atoms with Crippen LogP contribution in [0.2, 0.25) is 0 Å². The number of allylic oxidation sites excluding steroid dienone is 2. The van der Waals surface area contributed by atoms with Crippen LogP contribution in [0.25, 0.3) is 0 Å². The molecule has 0 aromatic carbocycles. The van der Waals surface area contributed by atoms with Gasteiger partial charge in [-0.25, -0.2) is 4.79 Å². The van der Waals surface area contributed by atoms with E-state index in [9.17, 15) is 34.5 Å². The van der Waals surface area contributed by atoms with Gasteiger partial charge >= 0.3 is 5.97 Å². The number of Topliss-reactive ketones (excluding diaryl/α,β-unsaturated/α-hetero) is 1. The average molecular weight is 819 g/mol. The molecule has 328 valence electrons. The number of fused-ring (bicyclic) bond motifs is 3. The standard InChI is InChI=1S/C44H70N2O12/c1-10-13-31-19-25(2)18-26(3)20-36(55-8)40-37(56-9)22-28(5)44(53,58-40)41(50)42(51)46-17-12-11-14-32(46)43(52)57-39(29(6)34(48)24-38(49)45-31)27(4)21-30-15-16-33(47)35(23-30)54-7/h10,19,21,26,28-37,39-40,47-48,53H,1,11-18,20,22-24H2,2-9H3,(H,45,49)/b25-19+,27-21+/t26-,28+,29+,30-,31+,32-,33?,34+,35+,36-,37-,39+,40+,44+/m0/s1. The Hall–Kier alpha value is -2.98. The molecule has 3 aliphatic heterocycles. The Kier molecular flexibility index (Phi) is 17.7. The third kappa shape index (κ3) is 11.6. The van der Waals surface area contributed by atoms with Crippen molar-refractivity contribution >= 4 is 23.6 Å². The van der Waals surface area contributed by atoms with Crippen molar-refractivity contribution in [1.29, 1.82) is 0 Å². The Morgan fingerprint density at radius 1 is 0.948 bits per heavy atom. The fourth-order valence-electron chi connectivity index (χ4n) is 9.40. The minimum atomic E-state index is -2.51. The molecule has 14 nitrogen and oxygen atoms in total. The van der Waals surface area contributed by atoms with E-state index in [2.05, 4.69) is 11.9 Å². The number of nitrogens with one attached hydrogen (secondary N) is 1. The number of aliphatic hydroxyl groups is 3. The molecule has 3 heterocycles. The van der Waals surface area contributed by atoms with Crippen LogP contribution in [-0.4, -0.2) is 132 Å². The van der Waals surface area contributed by atoms with Crippen LogP contribution in [-0.2, 0) is 42.9 Å². The number of amides is 2. The fourth-order valence-corrected chi connectivity index (χ4v) is 9.40. The number of ketones is 1. The number of cyclic esters (lactones) is 1. The van der Waals surface area contributed by atoms with Crippen molar-refractivity contribution < 1.29 is 58.2 Å². The van der Waals surface area contributed by atoms with E-state index in [0.29, 0.717) is 56.9 Å². The van der Waals surface area contributed by atoms with Crippen LogP contribution in [0.1, 0.15) is 105 Å². The molecule has 4 rings (SSSR count). The van der Waals surface area contributed by atoms with Gasteiger partial charge in [-0.15, -0.1) is 6.58 Å². The molecule has 0 spiro atoms. The van der Waals surface area contributed by atoms with Gasteiger partial charge in [-0.05, 0) is 95.5 Å². The number of aliphatic hydroxyl groups excluding tert-OH is 2. The number of carbonyl (C=O) groups excluding carboxylic acids is 4. The molecule has 4 aliphatic rings. The van der Waals surface area contributed by atoms with Gasteiger partial charge in [0, 0.05) is 39.7 Å². The van der Waals surface area contributed by atoms with Gasteiger partial charge in [0.05, 0.1) is 43.0 Å². The van der Waals surface area contributed by atoms with Gasteiger partial charge in [0.15, 0.2) is 0 Å². The molecule has 1 unspecified atom stereocenters. The van der Waals surface area contributed by atoms with Gasteiger partial charge in [-0.3, -0.25) is 14.4 Å². The lowest BCUT2D eigenvalue weighted by Gasteiger charge is -2.47. The summed E-state index contributed by atoms with van der Waals surface area (Å²) in [5.74, 6) is -7.48. The van der Waals surface area contributed by atoms with E-state index in [-0.39, 0.29) is 49.7 Å². The molecule has 4 N–H and O–H groups in total. The number of ether oxygens (including phenoxy) is 5. The Morgan fingerprint density at radius 3 is 2.28 bits per heavy atom. The summed E-state index contributed by atoms with van der Waals surface area (Å²) in [6.45, 7) is 13.1. The Morgan fingerprint density at radius 2 is 1.62 bits per heavy atom. The molecule has 14 heteroatoms. The molecule has 0 radical (unpaired) electrons. The molecule has 3 fully saturated rings. The number of hydrogen-bond acceptors (Lipinski definition) is 12. The van der Waals surface area contributed by atoms with Crippen molar-refractivity contribution in [3.8, 4) is 0 Å². The molecular formula is C44H70N2O12. The summed E-state index contributed by atoms with van der Waals surface area (Å²) < 4.78 is 29.7. The fraction of sp³-hybridized carbons (Fsp3) is 0.773. The number of piperidine rings is 1. The molecule has 1 saturated carbocycles. The summed E-state index contributed by atoms with van der Waals surface area (Å²) in [5, 5.41) is 37.1. The maximum Gasteiger partial charge on any atom is 0.329 e. The second kappa shape index (κ2) is 21.5. The van der Waals surface area contributed by atoms with Crippen molar-refractivity contribution in [2.45, 2.75) is 166 Å². The predicted octanol–water partition coefficient (Wildman–Crippen LogP) is 3.94. The highest BCUT2D eigenvalue weighted by atomic mass is 16.7. The Labute approximate surface area is 344 Å². The summed E-state index contributed by atoms with van der Waals surface area (Å²) in [6.07, 6.45) is 4.95. The van der Waals surface area contributed by atoms with Crippen LogP contribution in [0.4, 0.5) is 0 Å². The highest BCUT2D eigenvalue weighted by Gasteiger charge is 2.56. The SMILES string of the molecule is C=CC[C@@H]1/C=C(\C)C[C@H](C)C[C@H](OC)[C@H]2O[C@@](O)(C(=O)C(=O)N3CCCC[C@H]3C(=O)O[C@H](/C(C)=C/[C@@H]3CCC(O)[C@H](OC)C3)[C@H](C)[C@H](O)CC(=O)N1)[C@H](C)C[C@@H]2OC. The van der Waals surface area contributed by atoms with Crippen LogP contribution < -0.4 is 5.32 Å².